The molecule has 0 spiro atoms. The number of methoxy groups -OCH3 is 1. The maximum atomic E-state index is 13.8. The van der Waals surface area contributed by atoms with Gasteiger partial charge in [-0.3, -0.25) is 14.4 Å². The van der Waals surface area contributed by atoms with Crippen molar-refractivity contribution in [3.8, 4) is 5.75 Å². The van der Waals surface area contributed by atoms with Crippen molar-refractivity contribution in [3.05, 3.63) is 36.4 Å². The third-order valence-electron chi connectivity index (χ3n) is 8.03. The van der Waals surface area contributed by atoms with E-state index in [1.165, 1.54) is 0 Å². The van der Waals surface area contributed by atoms with Crippen LogP contribution in [-0.4, -0.2) is 59.9 Å². The highest BCUT2D eigenvalue weighted by atomic mass is 16.6. The van der Waals surface area contributed by atoms with Crippen molar-refractivity contribution in [3.63, 3.8) is 0 Å². The van der Waals surface area contributed by atoms with Gasteiger partial charge in [0.25, 0.3) is 0 Å². The summed E-state index contributed by atoms with van der Waals surface area (Å²) in [6, 6.07) is 5.80. The number of Topliss-reactive ketones (excluding diaryl/α,β-unsaturated/α-hetero) is 1. The topological polar surface area (TPSA) is 114 Å². The van der Waals surface area contributed by atoms with Crippen LogP contribution >= 0.6 is 0 Å². The molecule has 2 fully saturated rings. The lowest BCUT2D eigenvalue weighted by atomic mass is 9.91. The number of ketones is 1. The van der Waals surface area contributed by atoms with Crippen LogP contribution < -0.4 is 15.4 Å². The number of rotatable bonds is 4. The first-order chi connectivity index (χ1) is 19.0. The van der Waals surface area contributed by atoms with Crippen molar-refractivity contribution in [1.82, 2.24) is 10.2 Å². The fourth-order valence-corrected chi connectivity index (χ4v) is 5.84. The van der Waals surface area contributed by atoms with Crippen LogP contribution in [0.2, 0.25) is 0 Å². The van der Waals surface area contributed by atoms with E-state index in [-0.39, 0.29) is 29.9 Å². The van der Waals surface area contributed by atoms with Crippen molar-refractivity contribution in [2.75, 3.05) is 19.0 Å². The Labute approximate surface area is 237 Å². The lowest BCUT2D eigenvalue weighted by molar-refractivity contribution is -0.140. The van der Waals surface area contributed by atoms with Gasteiger partial charge in [-0.05, 0) is 77.3 Å². The second-order valence-corrected chi connectivity index (χ2v) is 12.3. The molecular weight excluding hydrogens is 510 g/mol. The van der Waals surface area contributed by atoms with Crippen LogP contribution in [0.3, 0.4) is 0 Å². The van der Waals surface area contributed by atoms with Gasteiger partial charge in [-0.2, -0.15) is 0 Å². The van der Waals surface area contributed by atoms with Gasteiger partial charge in [0.1, 0.15) is 17.4 Å². The molecule has 0 radical (unpaired) electrons. The van der Waals surface area contributed by atoms with E-state index < -0.39 is 29.2 Å². The summed E-state index contributed by atoms with van der Waals surface area (Å²) < 4.78 is 10.7. The number of carbonyl (C=O) groups excluding carboxylic acids is 4. The summed E-state index contributed by atoms with van der Waals surface area (Å²) >= 11 is 0. The molecule has 0 unspecified atom stereocenters. The Hall–Kier alpha value is -3.36. The molecular formula is C31H43N3O6. The molecule has 3 aliphatic rings. The summed E-state index contributed by atoms with van der Waals surface area (Å²) in [5.74, 6) is 0.0634. The molecule has 4 rings (SSSR count). The zero-order chi connectivity index (χ0) is 28.9. The second-order valence-electron chi connectivity index (χ2n) is 12.3. The Kier molecular flexibility index (Phi) is 9.21. The molecule has 2 N–H and O–H groups in total. The van der Waals surface area contributed by atoms with Gasteiger partial charge in [0.2, 0.25) is 11.8 Å². The predicted octanol–water partition coefficient (Wildman–Crippen LogP) is 5.00. The van der Waals surface area contributed by atoms with Crippen LogP contribution in [0.5, 0.6) is 5.75 Å². The normalized spacial score (nSPS) is 28.3. The van der Waals surface area contributed by atoms with Gasteiger partial charge >= 0.3 is 6.09 Å². The van der Waals surface area contributed by atoms with Gasteiger partial charge in [0.15, 0.2) is 5.78 Å². The summed E-state index contributed by atoms with van der Waals surface area (Å²) in [6.45, 7) is 5.78. The first kappa shape index (κ1) is 29.6. The molecule has 1 saturated carbocycles. The smallest absolute Gasteiger partial charge is 0.408 e. The number of nitrogens with one attached hydrogen (secondary N) is 2. The van der Waals surface area contributed by atoms with E-state index in [4.69, 9.17) is 9.47 Å². The lowest BCUT2D eigenvalue weighted by Gasteiger charge is -2.30. The molecule has 9 heteroatoms. The highest BCUT2D eigenvalue weighted by Gasteiger charge is 2.60. The van der Waals surface area contributed by atoms with Crippen LogP contribution in [-0.2, 0) is 19.1 Å². The third-order valence-corrected chi connectivity index (χ3v) is 8.03. The average molecular weight is 554 g/mol. The molecule has 1 aliphatic carbocycles. The Morgan fingerprint density at radius 3 is 2.62 bits per heavy atom. The number of fused-ring (bicyclic) bond motifs is 2. The largest absolute Gasteiger partial charge is 0.497 e. The van der Waals surface area contributed by atoms with Crippen LogP contribution in [0.25, 0.3) is 0 Å². The first-order valence-corrected chi connectivity index (χ1v) is 14.5. The maximum absolute atomic E-state index is 13.8. The number of benzene rings is 1. The molecule has 218 valence electrons. The van der Waals surface area contributed by atoms with E-state index >= 15 is 0 Å². The summed E-state index contributed by atoms with van der Waals surface area (Å²) in [6.07, 6.45) is 9.41. The molecule has 1 aromatic rings. The average Bonchev–Trinajstić information content (AvgIpc) is 3.35. The van der Waals surface area contributed by atoms with Gasteiger partial charge in [-0.25, -0.2) is 4.79 Å². The Bertz CT molecular complexity index is 1140. The number of amides is 3. The lowest BCUT2D eigenvalue weighted by Crippen LogP contribution is -2.52. The van der Waals surface area contributed by atoms with Crippen molar-refractivity contribution >= 4 is 29.4 Å². The van der Waals surface area contributed by atoms with Crippen LogP contribution in [0, 0.1) is 11.3 Å². The minimum absolute atomic E-state index is 0.0284. The van der Waals surface area contributed by atoms with E-state index in [0.717, 1.165) is 25.7 Å². The Balaban J connectivity index is 1.54. The minimum atomic E-state index is -0.845. The van der Waals surface area contributed by atoms with Gasteiger partial charge < -0.3 is 25.0 Å². The molecule has 3 amide bonds. The van der Waals surface area contributed by atoms with Gasteiger partial charge in [0, 0.05) is 24.7 Å². The van der Waals surface area contributed by atoms with E-state index in [1.54, 1.807) is 51.0 Å². The Morgan fingerprint density at radius 1 is 1.07 bits per heavy atom. The SMILES string of the molecule is COc1cccc(NC(=O)[C@]23CC(=O)[C@@H]4CCCN4C(=O)[C@@H](NC(=O)OC(C)(C)C)CCCCC/C=C\[C@@H]2C3)c1. The summed E-state index contributed by atoms with van der Waals surface area (Å²) in [5.41, 5.74) is -0.917. The van der Waals surface area contributed by atoms with Crippen LogP contribution in [0.15, 0.2) is 36.4 Å². The Morgan fingerprint density at radius 2 is 1.88 bits per heavy atom. The van der Waals surface area contributed by atoms with Gasteiger partial charge in [-0.15, -0.1) is 0 Å². The summed E-state index contributed by atoms with van der Waals surface area (Å²) in [4.78, 5) is 55.3. The van der Waals surface area contributed by atoms with Gasteiger partial charge in [-0.1, -0.05) is 31.1 Å². The van der Waals surface area contributed by atoms with Crippen molar-refractivity contribution in [1.29, 1.82) is 0 Å². The zero-order valence-electron chi connectivity index (χ0n) is 24.2. The van der Waals surface area contributed by atoms with E-state index in [1.807, 2.05) is 6.07 Å². The highest BCUT2D eigenvalue weighted by Crippen LogP contribution is 2.57. The maximum Gasteiger partial charge on any atom is 0.408 e. The number of hydrogen-bond acceptors (Lipinski definition) is 6. The number of ether oxygens (including phenoxy) is 2. The molecule has 2 aliphatic heterocycles. The number of anilines is 1. The fourth-order valence-electron chi connectivity index (χ4n) is 5.84. The monoisotopic (exact) mass is 553 g/mol. The molecule has 1 aromatic carbocycles. The van der Waals surface area contributed by atoms with E-state index in [9.17, 15) is 19.2 Å². The standard InChI is InChI=1S/C31H43N3O6/c1-30(2,3)40-29(38)33-24-15-9-7-5-6-8-12-21-19-31(21,20-26(35)25-16-11-17-34(25)27(24)36)28(37)32-22-13-10-14-23(18-22)39-4/h8,10,12-14,18,21,24-25H,5-7,9,11,15-17,19-20H2,1-4H3,(H,32,37)(H,33,38)/b12-8-/t21-,24+,25+,31-/m1/s1. The minimum Gasteiger partial charge on any atom is -0.497 e. The molecule has 2 heterocycles. The summed E-state index contributed by atoms with van der Waals surface area (Å²) in [7, 11) is 1.57. The van der Waals surface area contributed by atoms with Crippen molar-refractivity contribution < 1.29 is 28.7 Å². The quantitative estimate of drug-likeness (QED) is 0.507. The fraction of sp³-hybridized carbons (Fsp3) is 0.613. The van der Waals surface area contributed by atoms with Crippen molar-refractivity contribution in [2.45, 2.75) is 96.2 Å². The number of carbonyl (C=O) groups is 4. The third kappa shape index (κ3) is 7.23. The molecule has 0 bridgehead atoms. The highest BCUT2D eigenvalue weighted by molar-refractivity contribution is 6.02. The molecule has 4 atom stereocenters. The zero-order valence-corrected chi connectivity index (χ0v) is 24.2. The number of nitrogens with zero attached hydrogens (tertiary/aromatic N) is 1. The van der Waals surface area contributed by atoms with Crippen molar-refractivity contribution in [2.24, 2.45) is 11.3 Å². The van der Waals surface area contributed by atoms with Crippen LogP contribution in [0.4, 0.5) is 10.5 Å². The molecule has 40 heavy (non-hydrogen) atoms. The molecule has 1 saturated heterocycles. The van der Waals surface area contributed by atoms with Crippen LogP contribution in [0.1, 0.15) is 78.6 Å². The predicted molar refractivity (Wildman–Crippen MR) is 152 cm³/mol. The number of alkyl carbamates (subject to hydrolysis) is 1. The molecule has 0 aromatic heterocycles. The van der Waals surface area contributed by atoms with Gasteiger partial charge in [0.05, 0.1) is 18.6 Å². The van der Waals surface area contributed by atoms with E-state index in [2.05, 4.69) is 22.8 Å². The number of allylic oxidation sites excluding steroid dienone is 2. The number of hydrogen-bond donors (Lipinski definition) is 2. The second kappa shape index (κ2) is 12.4. The summed E-state index contributed by atoms with van der Waals surface area (Å²) in [5, 5.41) is 5.77. The first-order valence-electron chi connectivity index (χ1n) is 14.5. The molecule has 9 nitrogen and oxygen atoms in total. The van der Waals surface area contributed by atoms with E-state index in [0.29, 0.717) is 43.7 Å².